The summed E-state index contributed by atoms with van der Waals surface area (Å²) in [7, 11) is 1.92. The molecule has 2 aromatic rings. The van der Waals surface area contributed by atoms with Crippen molar-refractivity contribution in [2.24, 2.45) is 7.05 Å². The third-order valence-corrected chi connectivity index (χ3v) is 4.28. The fourth-order valence-corrected chi connectivity index (χ4v) is 2.67. The van der Waals surface area contributed by atoms with Crippen molar-refractivity contribution in [1.82, 2.24) is 24.7 Å². The lowest BCUT2D eigenvalue weighted by molar-refractivity contribution is -0.121. The van der Waals surface area contributed by atoms with E-state index in [0.717, 1.165) is 28.4 Å². The Labute approximate surface area is 122 Å². The van der Waals surface area contributed by atoms with Crippen LogP contribution in [0.2, 0.25) is 0 Å². The minimum absolute atomic E-state index is 0.0421. The summed E-state index contributed by atoms with van der Waals surface area (Å²) in [6.07, 6.45) is 1.19. The van der Waals surface area contributed by atoms with Crippen LogP contribution >= 0.6 is 11.5 Å². The highest BCUT2D eigenvalue weighted by molar-refractivity contribution is 7.05. The fourth-order valence-electron chi connectivity index (χ4n) is 2.10. The molecule has 0 aliphatic heterocycles. The fraction of sp³-hybridized carbons (Fsp3) is 0.538. The van der Waals surface area contributed by atoms with E-state index in [-0.39, 0.29) is 5.91 Å². The Bertz CT molecular complexity index is 616. The SMILES string of the molecule is Cc1nnsc1CNC(=O)CCc1c(C)nn(C)c1C. The van der Waals surface area contributed by atoms with Crippen LogP contribution in [0.5, 0.6) is 0 Å². The third kappa shape index (κ3) is 3.22. The molecule has 0 aliphatic carbocycles. The predicted octanol–water partition coefficient (Wildman–Crippen LogP) is 1.45. The molecule has 0 radical (unpaired) electrons. The van der Waals surface area contributed by atoms with E-state index in [2.05, 4.69) is 20.0 Å². The first-order valence-corrected chi connectivity index (χ1v) is 7.30. The zero-order valence-electron chi connectivity index (χ0n) is 12.2. The van der Waals surface area contributed by atoms with Gasteiger partial charge < -0.3 is 5.32 Å². The summed E-state index contributed by atoms with van der Waals surface area (Å²) in [5, 5.41) is 11.2. The number of carbonyl (C=O) groups is 1. The van der Waals surface area contributed by atoms with Crippen molar-refractivity contribution in [2.45, 2.75) is 40.2 Å². The average molecular weight is 293 g/mol. The van der Waals surface area contributed by atoms with Gasteiger partial charge in [0.05, 0.1) is 22.8 Å². The number of amides is 1. The highest BCUT2D eigenvalue weighted by Crippen LogP contribution is 2.14. The number of hydrogen-bond donors (Lipinski definition) is 1. The van der Waals surface area contributed by atoms with Gasteiger partial charge in [0, 0.05) is 19.2 Å². The van der Waals surface area contributed by atoms with E-state index in [4.69, 9.17) is 0 Å². The molecular formula is C13H19N5OS. The lowest BCUT2D eigenvalue weighted by atomic mass is 10.1. The van der Waals surface area contributed by atoms with Crippen molar-refractivity contribution in [1.29, 1.82) is 0 Å². The van der Waals surface area contributed by atoms with Gasteiger partial charge in [-0.2, -0.15) is 5.10 Å². The minimum atomic E-state index is 0.0421. The molecule has 0 spiro atoms. The van der Waals surface area contributed by atoms with Crippen molar-refractivity contribution in [3.8, 4) is 0 Å². The third-order valence-electron chi connectivity index (χ3n) is 3.45. The largest absolute Gasteiger partial charge is 0.351 e. The molecule has 1 amide bonds. The summed E-state index contributed by atoms with van der Waals surface area (Å²) >= 11 is 1.33. The number of nitrogens with zero attached hydrogens (tertiary/aromatic N) is 4. The van der Waals surface area contributed by atoms with Crippen LogP contribution in [0.3, 0.4) is 0 Å². The molecule has 1 N–H and O–H groups in total. The van der Waals surface area contributed by atoms with Gasteiger partial charge in [-0.1, -0.05) is 4.49 Å². The van der Waals surface area contributed by atoms with Crippen LogP contribution in [0, 0.1) is 20.8 Å². The highest BCUT2D eigenvalue weighted by Gasteiger charge is 2.12. The molecule has 0 aliphatic rings. The van der Waals surface area contributed by atoms with E-state index in [1.807, 2.05) is 32.5 Å². The normalized spacial score (nSPS) is 10.8. The lowest BCUT2D eigenvalue weighted by Gasteiger charge is -2.04. The second-order valence-corrected chi connectivity index (χ2v) is 5.67. The minimum Gasteiger partial charge on any atom is -0.351 e. The quantitative estimate of drug-likeness (QED) is 0.905. The van der Waals surface area contributed by atoms with Crippen LogP contribution in [-0.4, -0.2) is 25.3 Å². The maximum atomic E-state index is 11.9. The second-order valence-electron chi connectivity index (χ2n) is 4.83. The predicted molar refractivity (Wildman–Crippen MR) is 77.5 cm³/mol. The molecule has 0 bridgehead atoms. The molecule has 2 rings (SSSR count). The van der Waals surface area contributed by atoms with Crippen molar-refractivity contribution < 1.29 is 4.79 Å². The molecule has 0 atom stereocenters. The number of hydrogen-bond acceptors (Lipinski definition) is 5. The average Bonchev–Trinajstić information content (AvgIpc) is 2.91. The van der Waals surface area contributed by atoms with Crippen molar-refractivity contribution in [3.63, 3.8) is 0 Å². The van der Waals surface area contributed by atoms with Gasteiger partial charge in [0.25, 0.3) is 0 Å². The Morgan fingerprint density at radius 2 is 2.05 bits per heavy atom. The molecule has 0 aromatic carbocycles. The van der Waals surface area contributed by atoms with Gasteiger partial charge in [0.15, 0.2) is 0 Å². The van der Waals surface area contributed by atoms with Crippen LogP contribution in [0.1, 0.15) is 33.9 Å². The molecular weight excluding hydrogens is 274 g/mol. The Kier molecular flexibility index (Phi) is 4.49. The summed E-state index contributed by atoms with van der Waals surface area (Å²) in [6.45, 7) is 6.41. The van der Waals surface area contributed by atoms with Gasteiger partial charge in [-0.15, -0.1) is 5.10 Å². The first-order chi connectivity index (χ1) is 9.49. The van der Waals surface area contributed by atoms with E-state index in [0.29, 0.717) is 13.0 Å². The zero-order valence-corrected chi connectivity index (χ0v) is 13.0. The van der Waals surface area contributed by atoms with E-state index in [1.54, 1.807) is 0 Å². The first kappa shape index (κ1) is 14.6. The monoisotopic (exact) mass is 293 g/mol. The molecule has 7 heteroatoms. The van der Waals surface area contributed by atoms with Crippen LogP contribution in [0.25, 0.3) is 0 Å². The molecule has 2 aromatic heterocycles. The van der Waals surface area contributed by atoms with E-state index < -0.39 is 0 Å². The topological polar surface area (TPSA) is 72.7 Å². The van der Waals surface area contributed by atoms with Crippen LogP contribution in [-0.2, 0) is 24.8 Å². The molecule has 20 heavy (non-hydrogen) atoms. The van der Waals surface area contributed by atoms with Gasteiger partial charge in [-0.05, 0) is 44.3 Å². The van der Waals surface area contributed by atoms with E-state index in [9.17, 15) is 4.79 Å². The number of aryl methyl sites for hydroxylation is 3. The van der Waals surface area contributed by atoms with Crippen molar-refractivity contribution >= 4 is 17.4 Å². The molecule has 108 valence electrons. The maximum Gasteiger partial charge on any atom is 0.220 e. The van der Waals surface area contributed by atoms with Crippen molar-refractivity contribution in [3.05, 3.63) is 27.5 Å². The van der Waals surface area contributed by atoms with E-state index >= 15 is 0 Å². The number of rotatable bonds is 5. The molecule has 6 nitrogen and oxygen atoms in total. The summed E-state index contributed by atoms with van der Waals surface area (Å²) < 4.78 is 5.70. The molecule has 0 saturated carbocycles. The number of carbonyl (C=O) groups excluding carboxylic acids is 1. The standard InChI is InChI=1S/C13H19N5OS/c1-8-11(10(3)18(4)16-8)5-6-13(19)14-7-12-9(2)15-17-20-12/h5-7H2,1-4H3,(H,14,19). The Morgan fingerprint density at radius 1 is 1.30 bits per heavy atom. The van der Waals surface area contributed by atoms with E-state index in [1.165, 1.54) is 17.1 Å². The van der Waals surface area contributed by atoms with Gasteiger partial charge in [-0.3, -0.25) is 9.48 Å². The Balaban J connectivity index is 1.85. The van der Waals surface area contributed by atoms with Crippen molar-refractivity contribution in [2.75, 3.05) is 0 Å². The second kappa shape index (κ2) is 6.13. The van der Waals surface area contributed by atoms with Gasteiger partial charge in [0.2, 0.25) is 5.91 Å². The van der Waals surface area contributed by atoms with Gasteiger partial charge in [0.1, 0.15) is 0 Å². The Hall–Kier alpha value is -1.76. The number of aromatic nitrogens is 4. The smallest absolute Gasteiger partial charge is 0.220 e. The van der Waals surface area contributed by atoms with Crippen LogP contribution < -0.4 is 5.32 Å². The van der Waals surface area contributed by atoms with Crippen LogP contribution in [0.15, 0.2) is 0 Å². The summed E-state index contributed by atoms with van der Waals surface area (Å²) in [5.74, 6) is 0.0421. The number of nitrogens with one attached hydrogen (secondary N) is 1. The molecule has 0 fully saturated rings. The van der Waals surface area contributed by atoms with Gasteiger partial charge >= 0.3 is 0 Å². The van der Waals surface area contributed by atoms with Crippen LogP contribution in [0.4, 0.5) is 0 Å². The lowest BCUT2D eigenvalue weighted by Crippen LogP contribution is -2.23. The summed E-state index contributed by atoms with van der Waals surface area (Å²) in [4.78, 5) is 12.9. The first-order valence-electron chi connectivity index (χ1n) is 6.52. The highest BCUT2D eigenvalue weighted by atomic mass is 32.1. The molecule has 0 saturated heterocycles. The zero-order chi connectivity index (χ0) is 14.7. The molecule has 2 heterocycles. The Morgan fingerprint density at radius 3 is 2.60 bits per heavy atom. The maximum absolute atomic E-state index is 11.9. The summed E-state index contributed by atoms with van der Waals surface area (Å²) in [5.41, 5.74) is 4.17. The van der Waals surface area contributed by atoms with Gasteiger partial charge in [-0.25, -0.2) is 0 Å². The molecule has 0 unspecified atom stereocenters. The summed E-state index contributed by atoms with van der Waals surface area (Å²) in [6, 6.07) is 0.